The minimum absolute atomic E-state index is 0.0202. The Morgan fingerprint density at radius 2 is 1.94 bits per heavy atom. The van der Waals surface area contributed by atoms with Gasteiger partial charge in [-0.25, -0.2) is 4.39 Å². The molecule has 11 heteroatoms. The van der Waals surface area contributed by atoms with Gasteiger partial charge in [-0.15, -0.1) is 0 Å². The Morgan fingerprint density at radius 3 is 2.72 bits per heavy atom. The largest absolute Gasteiger partial charge is 0.424 e. The maximum atomic E-state index is 13.2. The summed E-state index contributed by atoms with van der Waals surface area (Å²) in [5.41, 5.74) is 0.923. The first-order valence-corrected chi connectivity index (χ1v) is 9.83. The maximum Gasteiger partial charge on any atom is 0.327 e. The lowest BCUT2D eigenvalue weighted by Crippen LogP contribution is -2.14. The number of nitrogens with one attached hydrogen (secondary N) is 3. The van der Waals surface area contributed by atoms with Crippen LogP contribution < -0.4 is 15.4 Å². The smallest absolute Gasteiger partial charge is 0.327 e. The van der Waals surface area contributed by atoms with Gasteiger partial charge in [0.15, 0.2) is 5.82 Å². The molecule has 4 aromatic rings. The lowest BCUT2D eigenvalue weighted by Gasteiger charge is -2.07. The monoisotopic (exact) mass is 453 g/mol. The molecule has 0 saturated heterocycles. The third kappa shape index (κ3) is 5.76. The van der Waals surface area contributed by atoms with E-state index in [9.17, 15) is 9.18 Å². The highest BCUT2D eigenvalue weighted by molar-refractivity contribution is 6.30. The number of nitrogens with zero attached hydrogens (tertiary/aromatic N) is 4. The van der Waals surface area contributed by atoms with Gasteiger partial charge in [0.25, 0.3) is 0 Å². The molecule has 0 spiro atoms. The van der Waals surface area contributed by atoms with Crippen LogP contribution in [0.2, 0.25) is 5.02 Å². The van der Waals surface area contributed by atoms with Crippen LogP contribution in [0.25, 0.3) is 0 Å². The Hall–Kier alpha value is -4.05. The van der Waals surface area contributed by atoms with Gasteiger partial charge in [-0.1, -0.05) is 17.7 Å². The van der Waals surface area contributed by atoms with Crippen molar-refractivity contribution in [2.24, 2.45) is 0 Å². The molecule has 0 unspecified atom stereocenters. The highest BCUT2D eigenvalue weighted by Gasteiger charge is 2.11. The molecular formula is C21H17ClFN7O2. The summed E-state index contributed by atoms with van der Waals surface area (Å²) in [5, 5.41) is 13.0. The van der Waals surface area contributed by atoms with Crippen molar-refractivity contribution in [3.05, 3.63) is 77.0 Å². The number of aromatic amines is 1. The molecule has 0 fully saturated rings. The molecule has 0 atom stereocenters. The zero-order chi connectivity index (χ0) is 22.5. The molecule has 0 bridgehead atoms. The average molecular weight is 454 g/mol. The molecule has 3 N–H and O–H groups in total. The van der Waals surface area contributed by atoms with Gasteiger partial charge < -0.3 is 15.4 Å². The van der Waals surface area contributed by atoms with E-state index in [0.29, 0.717) is 33.8 Å². The van der Waals surface area contributed by atoms with E-state index in [-0.39, 0.29) is 24.3 Å². The average Bonchev–Trinajstić information content (AvgIpc) is 3.15. The second-order valence-corrected chi connectivity index (χ2v) is 7.12. The molecule has 0 aliphatic heterocycles. The molecule has 162 valence electrons. The molecular weight excluding hydrogens is 437 g/mol. The van der Waals surface area contributed by atoms with E-state index in [1.807, 2.05) is 0 Å². The summed E-state index contributed by atoms with van der Waals surface area (Å²) in [7, 11) is 0. The second-order valence-electron chi connectivity index (χ2n) is 6.68. The molecule has 4 rings (SSSR count). The van der Waals surface area contributed by atoms with E-state index in [0.717, 1.165) is 0 Å². The highest BCUT2D eigenvalue weighted by atomic mass is 35.5. The zero-order valence-corrected chi connectivity index (χ0v) is 17.5. The van der Waals surface area contributed by atoms with Crippen molar-refractivity contribution < 1.29 is 13.9 Å². The van der Waals surface area contributed by atoms with Gasteiger partial charge >= 0.3 is 6.01 Å². The van der Waals surface area contributed by atoms with Crippen LogP contribution in [0.5, 0.6) is 11.8 Å². The maximum absolute atomic E-state index is 13.2. The standard InChI is InChI=1S/C21H17ClFN7O2/c1-12-24-20(28-21(25-12)32-17-7-5-13(22)6-8-17)27-18-10-16(29-30-18)11-19(31)26-15-4-2-3-14(23)9-15/h2-10H,11H2,1H3,(H,26,31)(H2,24,25,27,28,29,30). The van der Waals surface area contributed by atoms with Crippen molar-refractivity contribution in [2.75, 3.05) is 10.6 Å². The lowest BCUT2D eigenvalue weighted by molar-refractivity contribution is -0.115. The molecule has 0 saturated carbocycles. The number of rotatable bonds is 7. The van der Waals surface area contributed by atoms with Crippen molar-refractivity contribution in [2.45, 2.75) is 13.3 Å². The van der Waals surface area contributed by atoms with E-state index in [1.54, 1.807) is 43.3 Å². The Morgan fingerprint density at radius 1 is 1.12 bits per heavy atom. The first kappa shape index (κ1) is 21.2. The van der Waals surface area contributed by atoms with Crippen LogP contribution in [0.15, 0.2) is 54.6 Å². The summed E-state index contributed by atoms with van der Waals surface area (Å²) in [5.74, 6) is 0.850. The fourth-order valence-corrected chi connectivity index (χ4v) is 2.87. The third-order valence-corrected chi connectivity index (χ3v) is 4.33. The van der Waals surface area contributed by atoms with E-state index < -0.39 is 5.82 Å². The first-order valence-electron chi connectivity index (χ1n) is 9.46. The van der Waals surface area contributed by atoms with Crippen LogP contribution in [-0.2, 0) is 11.2 Å². The van der Waals surface area contributed by atoms with Gasteiger partial charge in [0.1, 0.15) is 17.4 Å². The number of halogens is 2. The van der Waals surface area contributed by atoms with Crippen molar-refractivity contribution in [3.63, 3.8) is 0 Å². The number of anilines is 3. The summed E-state index contributed by atoms with van der Waals surface area (Å²) in [4.78, 5) is 24.8. The number of H-pyrrole nitrogens is 1. The topological polar surface area (TPSA) is 118 Å². The molecule has 0 radical (unpaired) electrons. The van der Waals surface area contributed by atoms with Gasteiger partial charge in [0.05, 0.1) is 6.42 Å². The van der Waals surface area contributed by atoms with Crippen molar-refractivity contribution in [3.8, 4) is 11.8 Å². The minimum atomic E-state index is -0.428. The Balaban J connectivity index is 1.40. The molecule has 32 heavy (non-hydrogen) atoms. The Labute approximate surface area is 187 Å². The number of aryl methyl sites for hydroxylation is 1. The van der Waals surface area contributed by atoms with Gasteiger partial charge in [-0.2, -0.15) is 20.1 Å². The van der Waals surface area contributed by atoms with Crippen LogP contribution in [-0.4, -0.2) is 31.1 Å². The number of carbonyl (C=O) groups is 1. The van der Waals surface area contributed by atoms with E-state index >= 15 is 0 Å². The first-order chi connectivity index (χ1) is 15.4. The lowest BCUT2D eigenvalue weighted by atomic mass is 10.2. The SMILES string of the molecule is Cc1nc(Nc2cc(CC(=O)Nc3cccc(F)c3)[nH]n2)nc(Oc2ccc(Cl)cc2)n1. The fourth-order valence-electron chi connectivity index (χ4n) is 2.74. The van der Waals surface area contributed by atoms with Crippen LogP contribution >= 0.6 is 11.6 Å². The molecule has 9 nitrogen and oxygen atoms in total. The Bertz CT molecular complexity index is 1250. The molecule has 2 heterocycles. The number of ether oxygens (including phenoxy) is 1. The minimum Gasteiger partial charge on any atom is -0.424 e. The van der Waals surface area contributed by atoms with Crippen molar-refractivity contribution in [1.82, 2.24) is 25.1 Å². The summed E-state index contributed by atoms with van der Waals surface area (Å²) in [6.07, 6.45) is 0.0202. The van der Waals surface area contributed by atoms with Crippen molar-refractivity contribution in [1.29, 1.82) is 0 Å². The zero-order valence-electron chi connectivity index (χ0n) is 16.8. The van der Waals surface area contributed by atoms with Crippen molar-refractivity contribution >= 4 is 35.0 Å². The van der Waals surface area contributed by atoms with Gasteiger partial charge in [-0.05, 0) is 49.4 Å². The Kier molecular flexibility index (Phi) is 6.22. The van der Waals surface area contributed by atoms with Crippen LogP contribution in [0.4, 0.5) is 21.8 Å². The molecule has 1 amide bonds. The van der Waals surface area contributed by atoms with E-state index in [1.165, 1.54) is 18.2 Å². The van der Waals surface area contributed by atoms with Gasteiger partial charge in [-0.3, -0.25) is 9.89 Å². The summed E-state index contributed by atoms with van der Waals surface area (Å²) in [6, 6.07) is 14.2. The highest BCUT2D eigenvalue weighted by Crippen LogP contribution is 2.22. The van der Waals surface area contributed by atoms with Crippen LogP contribution in [0.1, 0.15) is 11.5 Å². The van der Waals surface area contributed by atoms with E-state index in [2.05, 4.69) is 35.8 Å². The van der Waals surface area contributed by atoms with Gasteiger partial charge in [0.2, 0.25) is 11.9 Å². The van der Waals surface area contributed by atoms with Crippen LogP contribution in [0.3, 0.4) is 0 Å². The molecule has 2 aromatic heterocycles. The number of hydrogen-bond acceptors (Lipinski definition) is 7. The normalized spacial score (nSPS) is 10.6. The number of aromatic nitrogens is 5. The van der Waals surface area contributed by atoms with Gasteiger partial charge in [0, 0.05) is 22.5 Å². The number of amides is 1. The molecule has 2 aromatic carbocycles. The predicted molar refractivity (Wildman–Crippen MR) is 117 cm³/mol. The number of hydrogen-bond donors (Lipinski definition) is 3. The summed E-state index contributed by atoms with van der Waals surface area (Å²) < 4.78 is 18.9. The predicted octanol–water partition coefficient (Wildman–Crippen LogP) is 4.41. The van der Waals surface area contributed by atoms with E-state index in [4.69, 9.17) is 16.3 Å². The number of benzene rings is 2. The summed E-state index contributed by atoms with van der Waals surface area (Å²) >= 11 is 5.88. The molecule has 0 aliphatic rings. The second kappa shape index (κ2) is 9.40. The molecule has 0 aliphatic carbocycles. The third-order valence-electron chi connectivity index (χ3n) is 4.08. The number of carbonyl (C=O) groups excluding carboxylic acids is 1. The summed E-state index contributed by atoms with van der Waals surface area (Å²) in [6.45, 7) is 1.70. The van der Waals surface area contributed by atoms with Crippen LogP contribution in [0, 0.1) is 12.7 Å². The quantitative estimate of drug-likeness (QED) is 0.379. The fraction of sp³-hybridized carbons (Fsp3) is 0.0952.